The highest BCUT2D eigenvalue weighted by Gasteiger charge is 2.21. The van der Waals surface area contributed by atoms with E-state index < -0.39 is 0 Å². The maximum atomic E-state index is 13.4. The molecule has 3 aromatic heterocycles. The minimum atomic E-state index is -0.0764. The third-order valence-corrected chi connectivity index (χ3v) is 5.99. The van der Waals surface area contributed by atoms with Crippen molar-refractivity contribution in [1.29, 1.82) is 0 Å². The lowest BCUT2D eigenvalue weighted by Crippen LogP contribution is -2.28. The minimum Gasteiger partial charge on any atom is -0.341 e. The van der Waals surface area contributed by atoms with Crippen LogP contribution in [0, 0.1) is 0 Å². The Labute approximate surface area is 176 Å². The van der Waals surface area contributed by atoms with Gasteiger partial charge in [0.2, 0.25) is 11.7 Å². The zero-order valence-corrected chi connectivity index (χ0v) is 17.5. The summed E-state index contributed by atoms with van der Waals surface area (Å²) in [6, 6.07) is 9.64. The molecule has 1 fully saturated rings. The van der Waals surface area contributed by atoms with Crippen molar-refractivity contribution in [3.8, 4) is 0 Å². The molecule has 0 atom stereocenters. The summed E-state index contributed by atoms with van der Waals surface area (Å²) in [6.45, 7) is 2.32. The maximum Gasteiger partial charge on any atom is 0.263 e. The summed E-state index contributed by atoms with van der Waals surface area (Å²) in [6.07, 6.45) is 8.29. The number of fused-ring (bicyclic) bond motifs is 3. The van der Waals surface area contributed by atoms with E-state index in [1.807, 2.05) is 34.7 Å². The Morgan fingerprint density at radius 1 is 1.03 bits per heavy atom. The lowest BCUT2D eigenvalue weighted by molar-refractivity contribution is 0.726. The Hall–Kier alpha value is -2.74. The van der Waals surface area contributed by atoms with Gasteiger partial charge in [0.25, 0.3) is 5.56 Å². The van der Waals surface area contributed by atoms with E-state index in [-0.39, 0.29) is 5.56 Å². The van der Waals surface area contributed by atoms with Gasteiger partial charge in [0.15, 0.2) is 0 Å². The fraction of sp³-hybridized carbons (Fsp3) is 0.333. The smallest absolute Gasteiger partial charge is 0.263 e. The van der Waals surface area contributed by atoms with Gasteiger partial charge >= 0.3 is 0 Å². The van der Waals surface area contributed by atoms with Crippen LogP contribution in [0.3, 0.4) is 0 Å². The van der Waals surface area contributed by atoms with Gasteiger partial charge < -0.3 is 4.90 Å². The molecule has 1 aromatic carbocycles. The maximum absolute atomic E-state index is 13.4. The zero-order chi connectivity index (χ0) is 19.8. The number of hydrogen-bond acceptors (Lipinski definition) is 5. The summed E-state index contributed by atoms with van der Waals surface area (Å²) in [4.78, 5) is 19.8. The van der Waals surface area contributed by atoms with Crippen LogP contribution in [-0.2, 0) is 6.54 Å². The first-order valence-electron chi connectivity index (χ1n) is 9.93. The molecule has 0 saturated carbocycles. The van der Waals surface area contributed by atoms with E-state index in [9.17, 15) is 4.79 Å². The monoisotopic (exact) mass is 452 g/mol. The molecule has 5 rings (SSSR count). The van der Waals surface area contributed by atoms with Crippen molar-refractivity contribution < 1.29 is 0 Å². The normalized spacial score (nSPS) is 15.1. The first-order chi connectivity index (χ1) is 14.2. The van der Waals surface area contributed by atoms with Crippen LogP contribution in [0.15, 0.2) is 52.0 Å². The Bertz CT molecular complexity index is 1220. The summed E-state index contributed by atoms with van der Waals surface area (Å²) in [5.74, 6) is 1.38. The molecule has 0 spiro atoms. The quantitative estimate of drug-likeness (QED) is 0.474. The molecule has 0 bridgehead atoms. The molecule has 7 nitrogen and oxygen atoms in total. The number of benzene rings is 1. The molecule has 0 amide bonds. The summed E-state index contributed by atoms with van der Waals surface area (Å²) < 4.78 is 4.60. The van der Waals surface area contributed by atoms with Gasteiger partial charge in [-0.2, -0.15) is 0 Å². The Kier molecular flexibility index (Phi) is 4.79. The number of halogens is 1. The summed E-state index contributed by atoms with van der Waals surface area (Å²) >= 11 is 3.51. The average molecular weight is 453 g/mol. The Balaban J connectivity index is 1.77. The Morgan fingerprint density at radius 2 is 1.86 bits per heavy atom. The molecule has 1 aliphatic heterocycles. The minimum absolute atomic E-state index is 0.0764. The van der Waals surface area contributed by atoms with E-state index >= 15 is 0 Å². The molecule has 0 N–H and O–H groups in total. The highest BCUT2D eigenvalue weighted by atomic mass is 79.9. The van der Waals surface area contributed by atoms with Gasteiger partial charge in [-0.3, -0.25) is 14.3 Å². The lowest BCUT2D eigenvalue weighted by atomic mass is 10.2. The number of nitrogens with zero attached hydrogens (tertiary/aromatic N) is 6. The van der Waals surface area contributed by atoms with Gasteiger partial charge in [-0.25, -0.2) is 4.40 Å². The van der Waals surface area contributed by atoms with Crippen molar-refractivity contribution in [2.75, 3.05) is 18.0 Å². The summed E-state index contributed by atoms with van der Waals surface area (Å²) in [7, 11) is 0. The molecule has 0 unspecified atom stereocenters. The second-order valence-electron chi connectivity index (χ2n) is 7.45. The SMILES string of the molecule is O=c1c2cc(Br)ccc2n2c(N3CCCCCC3)nnc2n1Cc1cccnc1. The van der Waals surface area contributed by atoms with Gasteiger partial charge in [-0.05, 0) is 42.7 Å². The molecule has 4 heterocycles. The number of aromatic nitrogens is 5. The van der Waals surface area contributed by atoms with Gasteiger partial charge in [-0.15, -0.1) is 10.2 Å². The highest BCUT2D eigenvalue weighted by molar-refractivity contribution is 9.10. The standard InChI is InChI=1S/C21H21BrN6O/c22-16-7-8-18-17(12-16)19(29)27(14-15-6-5-9-23-13-15)21-25-24-20(28(18)21)26-10-3-1-2-4-11-26/h5-9,12-13H,1-4,10-11,14H2. The van der Waals surface area contributed by atoms with Crippen LogP contribution in [0.1, 0.15) is 31.2 Å². The third kappa shape index (κ3) is 3.31. The topological polar surface area (TPSA) is 68.3 Å². The number of pyridine rings is 1. The molecule has 1 aliphatic rings. The van der Waals surface area contributed by atoms with Crippen LogP contribution in [0.2, 0.25) is 0 Å². The van der Waals surface area contributed by atoms with E-state index in [1.165, 1.54) is 12.8 Å². The molecule has 148 valence electrons. The van der Waals surface area contributed by atoms with Crippen molar-refractivity contribution in [3.63, 3.8) is 0 Å². The molecule has 29 heavy (non-hydrogen) atoms. The third-order valence-electron chi connectivity index (χ3n) is 5.50. The van der Waals surface area contributed by atoms with Crippen molar-refractivity contribution in [2.24, 2.45) is 0 Å². The second kappa shape index (κ2) is 7.59. The molecule has 0 radical (unpaired) electrons. The zero-order valence-electron chi connectivity index (χ0n) is 16.0. The van der Waals surface area contributed by atoms with Crippen molar-refractivity contribution in [3.05, 3.63) is 63.1 Å². The van der Waals surface area contributed by atoms with Crippen LogP contribution >= 0.6 is 15.9 Å². The lowest BCUT2D eigenvalue weighted by Gasteiger charge is -2.21. The van der Waals surface area contributed by atoms with Crippen molar-refractivity contribution in [2.45, 2.75) is 32.2 Å². The van der Waals surface area contributed by atoms with E-state index in [0.717, 1.165) is 47.4 Å². The van der Waals surface area contributed by atoms with Crippen LogP contribution in [0.4, 0.5) is 5.95 Å². The molecular formula is C21H21BrN6O. The predicted octanol–water partition coefficient (Wildman–Crippen LogP) is 3.63. The van der Waals surface area contributed by atoms with Gasteiger partial charge in [-0.1, -0.05) is 34.8 Å². The Morgan fingerprint density at radius 3 is 2.62 bits per heavy atom. The predicted molar refractivity (Wildman–Crippen MR) is 116 cm³/mol. The van der Waals surface area contributed by atoms with Crippen LogP contribution < -0.4 is 10.5 Å². The van der Waals surface area contributed by atoms with Crippen molar-refractivity contribution >= 4 is 38.6 Å². The van der Waals surface area contributed by atoms with Gasteiger partial charge in [0.05, 0.1) is 17.4 Å². The van der Waals surface area contributed by atoms with Gasteiger partial charge in [0.1, 0.15) is 0 Å². The molecule has 4 aromatic rings. The fourth-order valence-electron chi connectivity index (χ4n) is 4.06. The molecule has 0 aliphatic carbocycles. The van der Waals surface area contributed by atoms with Crippen molar-refractivity contribution in [1.82, 2.24) is 24.1 Å². The number of anilines is 1. The van der Waals surface area contributed by atoms with Gasteiger partial charge in [0, 0.05) is 30.0 Å². The largest absolute Gasteiger partial charge is 0.341 e. The average Bonchev–Trinajstić information content (AvgIpc) is 2.99. The van der Waals surface area contributed by atoms with E-state index in [0.29, 0.717) is 17.7 Å². The van der Waals surface area contributed by atoms with E-state index in [2.05, 4.69) is 36.0 Å². The summed E-state index contributed by atoms with van der Waals surface area (Å²) in [5, 5.41) is 9.63. The fourth-order valence-corrected chi connectivity index (χ4v) is 4.42. The molecule has 8 heteroatoms. The molecule has 1 saturated heterocycles. The first-order valence-corrected chi connectivity index (χ1v) is 10.7. The summed E-state index contributed by atoms with van der Waals surface area (Å²) in [5.41, 5.74) is 1.71. The van der Waals surface area contributed by atoms with Crippen LogP contribution in [-0.4, -0.2) is 37.2 Å². The first kappa shape index (κ1) is 18.3. The molecular weight excluding hydrogens is 432 g/mol. The number of hydrogen-bond donors (Lipinski definition) is 0. The van der Waals surface area contributed by atoms with Crippen LogP contribution in [0.25, 0.3) is 16.7 Å². The van der Waals surface area contributed by atoms with Crippen LogP contribution in [0.5, 0.6) is 0 Å². The van der Waals surface area contributed by atoms with E-state index in [1.54, 1.807) is 17.0 Å². The van der Waals surface area contributed by atoms with E-state index in [4.69, 9.17) is 0 Å². The second-order valence-corrected chi connectivity index (χ2v) is 8.37. The highest BCUT2D eigenvalue weighted by Crippen LogP contribution is 2.24. The number of rotatable bonds is 3.